The maximum absolute atomic E-state index is 13.9. The van der Waals surface area contributed by atoms with E-state index in [9.17, 15) is 18.0 Å². The van der Waals surface area contributed by atoms with Crippen molar-refractivity contribution >= 4 is 21.7 Å². The van der Waals surface area contributed by atoms with Crippen LogP contribution in [0.3, 0.4) is 0 Å². The number of sulfonamides is 1. The Kier molecular flexibility index (Phi) is 8.31. The summed E-state index contributed by atoms with van der Waals surface area (Å²) in [6.07, 6.45) is 11.7. The Morgan fingerprint density at radius 1 is 1.05 bits per heavy atom. The smallest absolute Gasteiger partial charge is 0.268 e. The summed E-state index contributed by atoms with van der Waals surface area (Å²) in [5.74, 6) is 1.33. The lowest BCUT2D eigenvalue weighted by Crippen LogP contribution is -2.38. The van der Waals surface area contributed by atoms with Gasteiger partial charge in [0.15, 0.2) is 5.78 Å². The third kappa shape index (κ3) is 6.23. The highest BCUT2D eigenvalue weighted by molar-refractivity contribution is 7.88. The number of ketones is 1. The Hall–Kier alpha value is -4.68. The third-order valence-corrected chi connectivity index (χ3v) is 8.66. The highest BCUT2D eigenvalue weighted by Gasteiger charge is 2.32. The molecular weight excluding hydrogens is 538 g/mol. The van der Waals surface area contributed by atoms with E-state index in [0.29, 0.717) is 48.2 Å². The van der Waals surface area contributed by atoms with E-state index in [1.807, 2.05) is 41.1 Å². The molecule has 0 bridgehead atoms. The fraction of sp³-hybridized carbons (Fsp3) is 0.219. The predicted octanol–water partition coefficient (Wildman–Crippen LogP) is 4.83. The molecule has 8 nitrogen and oxygen atoms in total. The molecule has 41 heavy (non-hydrogen) atoms. The minimum Gasteiger partial charge on any atom is -0.484 e. The molecule has 0 radical (unpaired) electrons. The number of hydrogen-bond donors (Lipinski definition) is 0. The molecule has 9 heteroatoms. The van der Waals surface area contributed by atoms with Gasteiger partial charge in [-0.05, 0) is 48.2 Å². The van der Waals surface area contributed by atoms with Crippen LogP contribution in [0.4, 0.5) is 0 Å². The first-order chi connectivity index (χ1) is 19.9. The standard InChI is InChI=1S/C32H29N3O5S/c1-2-19-35(32(37)25-12-7-4-8-13-25)41(38,39)22-28-26-14-9-15-29(36)27(26)16-17-30(28)40-31(21-34-20-18-33-23-34)24-10-5-3-6-11-24/h1,3-8,10-13,16-18,20,23,31H,9,14-15,19,21-22H2/t31-/m1/s1. The van der Waals surface area contributed by atoms with E-state index in [4.69, 9.17) is 11.2 Å². The molecule has 5 rings (SSSR count). The highest BCUT2D eigenvalue weighted by Crippen LogP contribution is 2.36. The van der Waals surface area contributed by atoms with Crippen LogP contribution in [0.25, 0.3) is 0 Å². The van der Waals surface area contributed by atoms with Crippen LogP contribution < -0.4 is 4.74 Å². The summed E-state index contributed by atoms with van der Waals surface area (Å²) >= 11 is 0. The van der Waals surface area contributed by atoms with Gasteiger partial charge < -0.3 is 9.30 Å². The first-order valence-corrected chi connectivity index (χ1v) is 14.9. The molecule has 208 valence electrons. The van der Waals surface area contributed by atoms with Crippen molar-refractivity contribution in [2.45, 2.75) is 37.7 Å². The largest absolute Gasteiger partial charge is 0.484 e. The third-order valence-electron chi connectivity index (χ3n) is 7.04. The average molecular weight is 568 g/mol. The summed E-state index contributed by atoms with van der Waals surface area (Å²) in [4.78, 5) is 30.2. The number of aromatic nitrogens is 2. The second-order valence-electron chi connectivity index (χ2n) is 9.76. The van der Waals surface area contributed by atoms with Crippen LogP contribution in [0.2, 0.25) is 0 Å². The number of ether oxygens (including phenoxy) is 1. The van der Waals surface area contributed by atoms with E-state index in [1.165, 1.54) is 0 Å². The maximum Gasteiger partial charge on any atom is 0.268 e. The SMILES string of the molecule is C#CCN(C(=O)c1ccccc1)S(=O)(=O)Cc1c(O[C@H](Cn2ccnc2)c2ccccc2)ccc2c1CCCC2=O. The molecule has 1 aliphatic rings. The van der Waals surface area contributed by atoms with Crippen LogP contribution >= 0.6 is 0 Å². The Morgan fingerprint density at radius 2 is 1.78 bits per heavy atom. The molecule has 0 saturated heterocycles. The summed E-state index contributed by atoms with van der Waals surface area (Å²) in [6.45, 7) is -0.00456. The van der Waals surface area contributed by atoms with E-state index >= 15 is 0 Å². The molecule has 1 heterocycles. The van der Waals surface area contributed by atoms with Crippen LogP contribution in [0.15, 0.2) is 91.5 Å². The van der Waals surface area contributed by atoms with Crippen molar-refractivity contribution in [1.29, 1.82) is 0 Å². The van der Waals surface area contributed by atoms with Gasteiger partial charge in [0, 0.05) is 35.5 Å². The number of Topliss-reactive ketones (excluding diaryl/α,β-unsaturated/α-hetero) is 1. The lowest BCUT2D eigenvalue weighted by molar-refractivity contribution is 0.0872. The van der Waals surface area contributed by atoms with Gasteiger partial charge in [-0.25, -0.2) is 17.7 Å². The molecule has 0 fully saturated rings. The molecule has 0 aliphatic heterocycles. The Morgan fingerprint density at radius 3 is 2.46 bits per heavy atom. The van der Waals surface area contributed by atoms with Crippen molar-refractivity contribution in [3.63, 3.8) is 0 Å². The number of amides is 1. The van der Waals surface area contributed by atoms with E-state index in [-0.39, 0.29) is 11.3 Å². The molecular formula is C32H29N3O5S. The number of terminal acetylenes is 1. The molecule has 0 saturated carbocycles. The molecule has 0 unspecified atom stereocenters. The number of nitrogens with zero attached hydrogens (tertiary/aromatic N) is 3. The Labute approximate surface area is 239 Å². The molecule has 3 aromatic carbocycles. The zero-order valence-corrected chi connectivity index (χ0v) is 23.2. The van der Waals surface area contributed by atoms with Gasteiger partial charge in [-0.15, -0.1) is 6.42 Å². The number of hydrogen-bond acceptors (Lipinski definition) is 6. The van der Waals surface area contributed by atoms with Gasteiger partial charge in [0.2, 0.25) is 10.0 Å². The van der Waals surface area contributed by atoms with Crippen LogP contribution in [-0.4, -0.2) is 40.5 Å². The molecule has 0 N–H and O–H groups in total. The molecule has 1 amide bonds. The molecule has 1 atom stereocenters. The molecule has 4 aromatic rings. The van der Waals surface area contributed by atoms with Gasteiger partial charge in [-0.3, -0.25) is 9.59 Å². The van der Waals surface area contributed by atoms with Crippen molar-refractivity contribution in [3.8, 4) is 18.1 Å². The number of carbonyl (C=O) groups is 2. The second-order valence-corrected chi connectivity index (χ2v) is 11.7. The Balaban J connectivity index is 1.56. The van der Waals surface area contributed by atoms with Crippen molar-refractivity contribution in [1.82, 2.24) is 13.9 Å². The summed E-state index contributed by atoms with van der Waals surface area (Å²) in [5.41, 5.74) is 2.57. The summed E-state index contributed by atoms with van der Waals surface area (Å²) < 4.78 is 37.0. The highest BCUT2D eigenvalue weighted by atomic mass is 32.2. The number of benzene rings is 3. The topological polar surface area (TPSA) is 98.6 Å². The summed E-state index contributed by atoms with van der Waals surface area (Å²) in [7, 11) is -4.27. The quantitative estimate of drug-likeness (QED) is 0.255. The monoisotopic (exact) mass is 567 g/mol. The zero-order valence-electron chi connectivity index (χ0n) is 22.3. The minimum absolute atomic E-state index is 0.0460. The van der Waals surface area contributed by atoms with Crippen LogP contribution in [0, 0.1) is 12.3 Å². The van der Waals surface area contributed by atoms with Gasteiger partial charge in [-0.1, -0.05) is 54.5 Å². The normalized spacial score (nSPS) is 13.6. The maximum atomic E-state index is 13.9. The predicted molar refractivity (Wildman–Crippen MR) is 155 cm³/mol. The van der Waals surface area contributed by atoms with Gasteiger partial charge in [0.05, 0.1) is 25.2 Å². The van der Waals surface area contributed by atoms with Gasteiger partial charge in [-0.2, -0.15) is 0 Å². The fourth-order valence-corrected chi connectivity index (χ4v) is 6.50. The van der Waals surface area contributed by atoms with Gasteiger partial charge >= 0.3 is 0 Å². The molecule has 1 aliphatic carbocycles. The summed E-state index contributed by atoms with van der Waals surface area (Å²) in [5, 5.41) is 0. The summed E-state index contributed by atoms with van der Waals surface area (Å²) in [6, 6.07) is 21.1. The number of carbonyl (C=O) groups excluding carboxylic acids is 2. The Bertz CT molecular complexity index is 1680. The first kappa shape index (κ1) is 27.9. The van der Waals surface area contributed by atoms with Crippen LogP contribution in [0.5, 0.6) is 5.75 Å². The van der Waals surface area contributed by atoms with E-state index < -0.39 is 34.3 Å². The average Bonchev–Trinajstić information content (AvgIpc) is 3.50. The molecule has 1 aromatic heterocycles. The number of fused-ring (bicyclic) bond motifs is 1. The molecule has 0 spiro atoms. The van der Waals surface area contributed by atoms with Crippen molar-refractivity contribution < 1.29 is 22.7 Å². The first-order valence-electron chi connectivity index (χ1n) is 13.3. The minimum atomic E-state index is -4.27. The lowest BCUT2D eigenvalue weighted by atomic mass is 9.87. The van der Waals surface area contributed by atoms with E-state index in [1.54, 1.807) is 55.0 Å². The number of imidazole rings is 1. The van der Waals surface area contributed by atoms with Crippen LogP contribution in [0.1, 0.15) is 56.4 Å². The lowest BCUT2D eigenvalue weighted by Gasteiger charge is -2.27. The van der Waals surface area contributed by atoms with Crippen LogP contribution in [-0.2, 0) is 28.7 Å². The van der Waals surface area contributed by atoms with Crippen molar-refractivity contribution in [2.75, 3.05) is 6.54 Å². The fourth-order valence-electron chi connectivity index (χ4n) is 5.03. The van der Waals surface area contributed by atoms with E-state index in [0.717, 1.165) is 9.87 Å². The van der Waals surface area contributed by atoms with E-state index in [2.05, 4.69) is 10.9 Å². The van der Waals surface area contributed by atoms with Crippen molar-refractivity contribution in [3.05, 3.63) is 119 Å². The second kappa shape index (κ2) is 12.2. The van der Waals surface area contributed by atoms with Gasteiger partial charge in [0.25, 0.3) is 5.91 Å². The van der Waals surface area contributed by atoms with Crippen molar-refractivity contribution in [2.24, 2.45) is 0 Å². The number of rotatable bonds is 10. The zero-order chi connectivity index (χ0) is 28.8. The van der Waals surface area contributed by atoms with Gasteiger partial charge in [0.1, 0.15) is 11.9 Å².